The number of hydrogen-bond acceptors (Lipinski definition) is 4. The molecule has 2 rings (SSSR count). The molecule has 0 saturated heterocycles. The highest BCUT2D eigenvalue weighted by Crippen LogP contribution is 2.26. The fourth-order valence-electron chi connectivity index (χ4n) is 1.91. The van der Waals surface area contributed by atoms with E-state index in [0.29, 0.717) is 16.7 Å². The van der Waals surface area contributed by atoms with Gasteiger partial charge in [0.2, 0.25) is 0 Å². The van der Waals surface area contributed by atoms with Gasteiger partial charge in [-0.25, -0.2) is 4.79 Å². The molecule has 0 radical (unpaired) electrons. The van der Waals surface area contributed by atoms with E-state index >= 15 is 0 Å². The van der Waals surface area contributed by atoms with Crippen LogP contribution in [0.5, 0.6) is 5.75 Å². The second kappa shape index (κ2) is 5.01. The summed E-state index contributed by atoms with van der Waals surface area (Å²) in [5, 5.41) is 9.70. The van der Waals surface area contributed by atoms with E-state index in [1.54, 1.807) is 22.8 Å². The van der Waals surface area contributed by atoms with Crippen LogP contribution in [0, 0.1) is 0 Å². The number of methoxy groups -OCH3 is 2. The number of ether oxygens (including phenoxy) is 2. The molecule has 100 valence electrons. The molecular formula is C13H13NO5. The van der Waals surface area contributed by atoms with Gasteiger partial charge in [-0.1, -0.05) is 0 Å². The van der Waals surface area contributed by atoms with Crippen molar-refractivity contribution in [3.8, 4) is 5.75 Å². The molecule has 0 fully saturated rings. The summed E-state index contributed by atoms with van der Waals surface area (Å²) in [6, 6.07) is 5.05. The molecule has 0 unspecified atom stereocenters. The maximum absolute atomic E-state index is 11.3. The fourth-order valence-corrected chi connectivity index (χ4v) is 1.91. The van der Waals surface area contributed by atoms with Crippen molar-refractivity contribution in [2.75, 3.05) is 14.2 Å². The van der Waals surface area contributed by atoms with Crippen molar-refractivity contribution in [1.82, 2.24) is 4.57 Å². The maximum Gasteiger partial charge on any atom is 0.337 e. The summed E-state index contributed by atoms with van der Waals surface area (Å²) in [7, 11) is 2.79. The molecule has 2 aromatic rings. The zero-order chi connectivity index (χ0) is 14.0. The highest BCUT2D eigenvalue weighted by Gasteiger charge is 2.16. The van der Waals surface area contributed by atoms with Crippen LogP contribution in [-0.2, 0) is 16.1 Å². The molecule has 6 heteroatoms. The first kappa shape index (κ1) is 12.9. The number of carboxylic acids is 1. The molecule has 0 bridgehead atoms. The Balaban J connectivity index is 2.60. The SMILES string of the molecule is COC(=O)Cn1cc(C(=O)O)c2cc(OC)ccc21. The van der Waals surface area contributed by atoms with Gasteiger partial charge >= 0.3 is 11.9 Å². The van der Waals surface area contributed by atoms with Gasteiger partial charge < -0.3 is 19.1 Å². The molecule has 0 aliphatic rings. The van der Waals surface area contributed by atoms with E-state index < -0.39 is 11.9 Å². The van der Waals surface area contributed by atoms with E-state index in [2.05, 4.69) is 4.74 Å². The van der Waals surface area contributed by atoms with Crippen LogP contribution in [0.4, 0.5) is 0 Å². The quantitative estimate of drug-likeness (QED) is 0.846. The molecular weight excluding hydrogens is 250 g/mol. The molecule has 1 aromatic carbocycles. The van der Waals surface area contributed by atoms with Crippen molar-refractivity contribution in [3.05, 3.63) is 30.0 Å². The topological polar surface area (TPSA) is 77.8 Å². The number of carboxylic acid groups (broad SMARTS) is 1. The number of esters is 1. The van der Waals surface area contributed by atoms with Crippen LogP contribution in [0.1, 0.15) is 10.4 Å². The largest absolute Gasteiger partial charge is 0.497 e. The third-order valence-corrected chi connectivity index (χ3v) is 2.85. The fraction of sp³-hybridized carbons (Fsp3) is 0.231. The van der Waals surface area contributed by atoms with Gasteiger partial charge in [-0.15, -0.1) is 0 Å². The lowest BCUT2D eigenvalue weighted by Crippen LogP contribution is -2.10. The average molecular weight is 263 g/mol. The highest BCUT2D eigenvalue weighted by molar-refractivity contribution is 6.04. The second-order valence-electron chi connectivity index (χ2n) is 3.94. The summed E-state index contributed by atoms with van der Waals surface area (Å²) in [4.78, 5) is 22.5. The van der Waals surface area contributed by atoms with Gasteiger partial charge in [0.25, 0.3) is 0 Å². The molecule has 1 aromatic heterocycles. The molecule has 0 amide bonds. The summed E-state index contributed by atoms with van der Waals surface area (Å²) in [6.45, 7) is -0.0351. The summed E-state index contributed by atoms with van der Waals surface area (Å²) in [5.74, 6) is -0.933. The van der Waals surface area contributed by atoms with E-state index in [9.17, 15) is 14.7 Å². The molecule has 1 heterocycles. The van der Waals surface area contributed by atoms with Crippen molar-refractivity contribution in [3.63, 3.8) is 0 Å². The van der Waals surface area contributed by atoms with Crippen LogP contribution in [-0.4, -0.2) is 35.8 Å². The lowest BCUT2D eigenvalue weighted by atomic mass is 10.1. The van der Waals surface area contributed by atoms with Crippen LogP contribution in [0.15, 0.2) is 24.4 Å². The zero-order valence-corrected chi connectivity index (χ0v) is 10.5. The maximum atomic E-state index is 11.3. The number of aromatic carboxylic acids is 1. The van der Waals surface area contributed by atoms with Crippen molar-refractivity contribution < 1.29 is 24.2 Å². The Labute approximate surface area is 109 Å². The van der Waals surface area contributed by atoms with Gasteiger partial charge in [0.15, 0.2) is 0 Å². The van der Waals surface area contributed by atoms with Crippen LogP contribution < -0.4 is 4.74 Å². The van der Waals surface area contributed by atoms with Crippen molar-refractivity contribution in [2.24, 2.45) is 0 Å². The number of aromatic nitrogens is 1. The molecule has 1 N–H and O–H groups in total. The first-order valence-corrected chi connectivity index (χ1v) is 5.53. The van der Waals surface area contributed by atoms with E-state index in [0.717, 1.165) is 0 Å². The normalized spacial score (nSPS) is 10.4. The van der Waals surface area contributed by atoms with Crippen LogP contribution in [0.3, 0.4) is 0 Å². The molecule has 6 nitrogen and oxygen atoms in total. The first-order valence-electron chi connectivity index (χ1n) is 5.53. The number of fused-ring (bicyclic) bond motifs is 1. The lowest BCUT2D eigenvalue weighted by Gasteiger charge is -2.04. The number of rotatable bonds is 4. The van der Waals surface area contributed by atoms with E-state index in [-0.39, 0.29) is 12.1 Å². The summed E-state index contributed by atoms with van der Waals surface area (Å²) < 4.78 is 11.2. The van der Waals surface area contributed by atoms with Crippen LogP contribution in [0.25, 0.3) is 10.9 Å². The number of carbonyl (C=O) groups excluding carboxylic acids is 1. The van der Waals surface area contributed by atoms with Gasteiger partial charge in [0.05, 0.1) is 19.8 Å². The molecule has 0 aliphatic heterocycles. The minimum Gasteiger partial charge on any atom is -0.497 e. The van der Waals surface area contributed by atoms with Gasteiger partial charge in [-0.05, 0) is 18.2 Å². The van der Waals surface area contributed by atoms with E-state index in [1.165, 1.54) is 20.4 Å². The zero-order valence-electron chi connectivity index (χ0n) is 10.5. The monoisotopic (exact) mass is 263 g/mol. The van der Waals surface area contributed by atoms with Crippen molar-refractivity contribution in [1.29, 1.82) is 0 Å². The second-order valence-corrected chi connectivity index (χ2v) is 3.94. The minimum atomic E-state index is -1.05. The van der Waals surface area contributed by atoms with Gasteiger partial charge in [-0.3, -0.25) is 4.79 Å². The van der Waals surface area contributed by atoms with Gasteiger partial charge in [0.1, 0.15) is 12.3 Å². The Kier molecular flexibility index (Phi) is 3.41. The first-order chi connectivity index (χ1) is 9.06. The molecule has 0 saturated carbocycles. The Morgan fingerprint density at radius 2 is 2.05 bits per heavy atom. The standard InChI is InChI=1S/C13H13NO5/c1-18-8-3-4-11-9(5-8)10(13(16)17)6-14(11)7-12(15)19-2/h3-6H,7H2,1-2H3,(H,16,17). The Morgan fingerprint density at radius 1 is 1.32 bits per heavy atom. The number of nitrogens with zero attached hydrogens (tertiary/aromatic N) is 1. The van der Waals surface area contributed by atoms with E-state index in [1.807, 2.05) is 0 Å². The average Bonchev–Trinajstić information content (AvgIpc) is 2.76. The number of hydrogen-bond donors (Lipinski definition) is 1. The predicted molar refractivity (Wildman–Crippen MR) is 67.5 cm³/mol. The Bertz CT molecular complexity index is 644. The summed E-state index contributed by atoms with van der Waals surface area (Å²) in [6.07, 6.45) is 1.42. The summed E-state index contributed by atoms with van der Waals surface area (Å²) in [5.41, 5.74) is 0.765. The van der Waals surface area contributed by atoms with Crippen molar-refractivity contribution in [2.45, 2.75) is 6.54 Å². The van der Waals surface area contributed by atoms with Crippen LogP contribution in [0.2, 0.25) is 0 Å². The summed E-state index contributed by atoms with van der Waals surface area (Å²) >= 11 is 0. The molecule has 0 aliphatic carbocycles. The lowest BCUT2D eigenvalue weighted by molar-refractivity contribution is -0.141. The molecule has 19 heavy (non-hydrogen) atoms. The van der Waals surface area contributed by atoms with Gasteiger partial charge in [-0.2, -0.15) is 0 Å². The third kappa shape index (κ3) is 2.37. The number of carbonyl (C=O) groups is 2. The smallest absolute Gasteiger partial charge is 0.337 e. The molecule has 0 spiro atoms. The Hall–Kier alpha value is -2.50. The minimum absolute atomic E-state index is 0.0351. The van der Waals surface area contributed by atoms with Crippen LogP contribution >= 0.6 is 0 Å². The molecule has 0 atom stereocenters. The van der Waals surface area contributed by atoms with Gasteiger partial charge in [0, 0.05) is 17.1 Å². The predicted octanol–water partition coefficient (Wildman–Crippen LogP) is 1.52. The third-order valence-electron chi connectivity index (χ3n) is 2.85. The number of benzene rings is 1. The van der Waals surface area contributed by atoms with Crippen molar-refractivity contribution >= 4 is 22.8 Å². The Morgan fingerprint density at radius 3 is 2.63 bits per heavy atom. The highest BCUT2D eigenvalue weighted by atomic mass is 16.5. The van der Waals surface area contributed by atoms with E-state index in [4.69, 9.17) is 4.74 Å².